The number of carbonyl (C=O) groups is 1. The van der Waals surface area contributed by atoms with Gasteiger partial charge < -0.3 is 19.0 Å². The maximum atomic E-state index is 12.4. The first-order valence-electron chi connectivity index (χ1n) is 12.0. The smallest absolute Gasteiger partial charge is 0.302 e. The second-order valence-corrected chi connectivity index (χ2v) is 14.1. The molecule has 0 radical (unpaired) electrons. The van der Waals surface area contributed by atoms with Crippen molar-refractivity contribution in [1.82, 2.24) is 0 Å². The molecule has 1 N–H and O–H groups in total. The number of rotatable bonds is 10. The molecule has 2 aromatic rings. The summed E-state index contributed by atoms with van der Waals surface area (Å²) in [6, 6.07) is 19.9. The summed E-state index contributed by atoms with van der Waals surface area (Å²) in [4.78, 5) is 24.4. The maximum Gasteiger partial charge on any atom is 0.302 e. The van der Waals surface area contributed by atoms with Crippen LogP contribution in [0.15, 0.2) is 73.3 Å². The van der Waals surface area contributed by atoms with Crippen molar-refractivity contribution in [3.05, 3.63) is 73.3 Å². The highest BCUT2D eigenvalue weighted by Crippen LogP contribution is 2.42. The third-order valence-corrected chi connectivity index (χ3v) is 11.3. The molecule has 0 aliphatic carbocycles. The summed E-state index contributed by atoms with van der Waals surface area (Å²) < 4.78 is 18.1. The Bertz CT molecular complexity index is 918. The van der Waals surface area contributed by atoms with Crippen molar-refractivity contribution >= 4 is 24.7 Å². The van der Waals surface area contributed by atoms with Gasteiger partial charge >= 0.3 is 5.97 Å². The van der Waals surface area contributed by atoms with Crippen LogP contribution in [0.4, 0.5) is 0 Å². The molecule has 34 heavy (non-hydrogen) atoms. The van der Waals surface area contributed by atoms with Gasteiger partial charge in [-0.15, -0.1) is 6.58 Å². The lowest BCUT2D eigenvalue weighted by atomic mass is 9.97. The van der Waals surface area contributed by atoms with Crippen LogP contribution < -0.4 is 10.4 Å². The van der Waals surface area contributed by atoms with Crippen LogP contribution in [0.5, 0.6) is 0 Å². The van der Waals surface area contributed by atoms with Gasteiger partial charge in [0.1, 0.15) is 12.2 Å². The molecule has 1 aliphatic heterocycles. The van der Waals surface area contributed by atoms with Crippen LogP contribution in [0.3, 0.4) is 0 Å². The summed E-state index contributed by atoms with van der Waals surface area (Å²) in [6.45, 7) is 13.2. The highest BCUT2D eigenvalue weighted by molar-refractivity contribution is 6.98. The van der Waals surface area contributed by atoms with E-state index in [9.17, 15) is 9.59 Å². The van der Waals surface area contributed by atoms with Crippen LogP contribution in [0.2, 0.25) is 5.04 Å². The van der Waals surface area contributed by atoms with Crippen molar-refractivity contribution < 1.29 is 23.8 Å². The maximum absolute atomic E-state index is 12.4. The van der Waals surface area contributed by atoms with Crippen LogP contribution in [-0.2, 0) is 19.0 Å². The molecule has 3 rings (SSSR count). The van der Waals surface area contributed by atoms with Gasteiger partial charge in [-0.05, 0) is 48.5 Å². The number of hydrogen-bond acceptors (Lipinski definition) is 5. The second-order valence-electron chi connectivity index (χ2n) is 10.2. The highest BCUT2D eigenvalue weighted by Gasteiger charge is 2.51. The van der Waals surface area contributed by atoms with Gasteiger partial charge in [0.2, 0.25) is 0 Å². The third-order valence-electron chi connectivity index (χ3n) is 6.72. The van der Waals surface area contributed by atoms with E-state index in [0.717, 1.165) is 10.4 Å². The molecule has 1 fully saturated rings. The molecule has 2 aromatic carbocycles. The van der Waals surface area contributed by atoms with E-state index in [1.54, 1.807) is 6.08 Å². The van der Waals surface area contributed by atoms with Gasteiger partial charge in [0.15, 0.2) is 5.79 Å². The normalized spacial score (nSPS) is 21.1. The van der Waals surface area contributed by atoms with Crippen LogP contribution in [0.1, 0.15) is 53.9 Å². The summed E-state index contributed by atoms with van der Waals surface area (Å²) in [7, 11) is -3.16. The first-order chi connectivity index (χ1) is 16.0. The van der Waals surface area contributed by atoms with Crippen molar-refractivity contribution in [3.63, 3.8) is 0 Å². The van der Waals surface area contributed by atoms with Crippen LogP contribution in [-0.4, -0.2) is 43.2 Å². The Balaban J connectivity index is 1.92. The first-order valence-corrected chi connectivity index (χ1v) is 13.9. The Hall–Kier alpha value is -2.25. The van der Waals surface area contributed by atoms with E-state index in [2.05, 4.69) is 20.4 Å². The Kier molecular flexibility index (Phi) is 8.19. The van der Waals surface area contributed by atoms with Gasteiger partial charge in [-0.3, -0.25) is 4.79 Å². The van der Waals surface area contributed by atoms with Gasteiger partial charge in [0.25, 0.3) is 8.32 Å². The molecule has 0 bridgehead atoms. The minimum Gasteiger partial charge on any atom is -0.460 e. The molecule has 1 aliphatic rings. The van der Waals surface area contributed by atoms with E-state index in [1.807, 2.05) is 74.5 Å². The number of ether oxygens (including phenoxy) is 3. The molecule has 1 saturated heterocycles. The Labute approximate surface area is 204 Å². The topological polar surface area (TPSA) is 65.0 Å². The minimum absolute atomic E-state index is 0.251. The SMILES string of the molecule is C=CCC1OC(C)(C)OC1[C@@H](CCC(C)(C)[Si](O)(c1ccccc1)c1ccccc1)OC(C)=O. The molecule has 184 valence electrons. The van der Waals surface area contributed by atoms with Crippen molar-refractivity contribution in [2.75, 3.05) is 0 Å². The van der Waals surface area contributed by atoms with E-state index >= 15 is 0 Å². The van der Waals surface area contributed by atoms with Crippen LogP contribution in [0, 0.1) is 0 Å². The predicted molar refractivity (Wildman–Crippen MR) is 138 cm³/mol. The molecule has 0 amide bonds. The molecule has 1 heterocycles. The average Bonchev–Trinajstić information content (AvgIpc) is 3.11. The zero-order valence-electron chi connectivity index (χ0n) is 21.0. The van der Waals surface area contributed by atoms with E-state index in [1.165, 1.54) is 6.92 Å². The summed E-state index contributed by atoms with van der Waals surface area (Å²) in [5.41, 5.74) is 0. The standard InChI is InChI=1S/C28H38O5Si/c1-7-14-25-26(33-28(5,6)32-25)24(31-21(2)29)19-20-27(3,4)34(30,22-15-10-8-11-16-22)23-17-12-9-13-18-23/h7-13,15-18,24-26,30H,1,14,19-20H2,2-6H3/t24-,25?,26?/m1/s1. The predicted octanol–water partition coefficient (Wildman–Crippen LogP) is 4.33. The monoisotopic (exact) mass is 482 g/mol. The molecule has 0 saturated carbocycles. The molecule has 2 unspecified atom stereocenters. The summed E-state index contributed by atoms with van der Waals surface area (Å²) in [6.07, 6.45) is 2.43. The number of benzene rings is 2. The van der Waals surface area contributed by atoms with E-state index in [-0.39, 0.29) is 12.1 Å². The third kappa shape index (κ3) is 5.69. The molecule has 3 atom stereocenters. The zero-order valence-corrected chi connectivity index (χ0v) is 22.0. The Morgan fingerprint density at radius 3 is 2.12 bits per heavy atom. The first kappa shape index (κ1) is 26.4. The molecule has 0 spiro atoms. The molecule has 0 aromatic heterocycles. The van der Waals surface area contributed by atoms with E-state index in [0.29, 0.717) is 19.3 Å². The Morgan fingerprint density at radius 2 is 1.65 bits per heavy atom. The minimum atomic E-state index is -3.16. The summed E-state index contributed by atoms with van der Waals surface area (Å²) in [5, 5.41) is 1.46. The van der Waals surface area contributed by atoms with Crippen LogP contribution >= 0.6 is 0 Å². The summed E-state index contributed by atoms with van der Waals surface area (Å²) in [5.74, 6) is -1.12. The zero-order chi connectivity index (χ0) is 25.0. The van der Waals surface area contributed by atoms with E-state index in [4.69, 9.17) is 14.2 Å². The largest absolute Gasteiger partial charge is 0.460 e. The van der Waals surface area contributed by atoms with Gasteiger partial charge in [-0.2, -0.15) is 0 Å². The lowest BCUT2D eigenvalue weighted by Crippen LogP contribution is -2.65. The van der Waals surface area contributed by atoms with E-state index < -0.39 is 31.4 Å². The van der Waals surface area contributed by atoms with Crippen molar-refractivity contribution in [2.24, 2.45) is 0 Å². The fourth-order valence-electron chi connectivity index (χ4n) is 5.02. The van der Waals surface area contributed by atoms with Crippen molar-refractivity contribution in [1.29, 1.82) is 0 Å². The molecule has 5 nitrogen and oxygen atoms in total. The molecular weight excluding hydrogens is 444 g/mol. The highest BCUT2D eigenvalue weighted by atomic mass is 28.4. The number of hydrogen-bond donors (Lipinski definition) is 1. The average molecular weight is 483 g/mol. The lowest BCUT2D eigenvalue weighted by molar-refractivity contribution is -0.170. The van der Waals surface area contributed by atoms with Crippen molar-refractivity contribution in [3.8, 4) is 0 Å². The molecular formula is C28H38O5Si. The van der Waals surface area contributed by atoms with Gasteiger partial charge in [-0.25, -0.2) is 0 Å². The van der Waals surface area contributed by atoms with Crippen molar-refractivity contribution in [2.45, 2.75) is 83.0 Å². The fourth-order valence-corrected chi connectivity index (χ4v) is 8.77. The number of esters is 1. The number of carbonyl (C=O) groups excluding carboxylic acids is 1. The van der Waals surface area contributed by atoms with Gasteiger partial charge in [0.05, 0.1) is 6.10 Å². The Morgan fingerprint density at radius 1 is 1.12 bits per heavy atom. The quantitative estimate of drug-likeness (QED) is 0.310. The summed E-state index contributed by atoms with van der Waals surface area (Å²) >= 11 is 0. The van der Waals surface area contributed by atoms with Gasteiger partial charge in [-0.1, -0.05) is 80.6 Å². The second kappa shape index (κ2) is 10.6. The van der Waals surface area contributed by atoms with Gasteiger partial charge in [0, 0.05) is 6.92 Å². The molecule has 6 heteroatoms. The fraction of sp³-hybridized carbons (Fsp3) is 0.464. The lowest BCUT2D eigenvalue weighted by Gasteiger charge is -2.42. The van der Waals surface area contributed by atoms with Crippen LogP contribution in [0.25, 0.3) is 0 Å².